The number of piperidine rings is 1. The van der Waals surface area contributed by atoms with E-state index in [1.165, 1.54) is 17.7 Å². The lowest BCUT2D eigenvalue weighted by Gasteiger charge is -2.41. The molecule has 0 saturated carbocycles. The lowest BCUT2D eigenvalue weighted by Crippen LogP contribution is -2.44. The van der Waals surface area contributed by atoms with Gasteiger partial charge in [0.15, 0.2) is 0 Å². The van der Waals surface area contributed by atoms with Gasteiger partial charge in [-0.3, -0.25) is 0 Å². The highest BCUT2D eigenvalue weighted by Gasteiger charge is 2.37. The van der Waals surface area contributed by atoms with E-state index in [1.54, 1.807) is 12.3 Å². The van der Waals surface area contributed by atoms with Gasteiger partial charge in [0.05, 0.1) is 23.8 Å². The van der Waals surface area contributed by atoms with Crippen LogP contribution in [0.25, 0.3) is 10.9 Å². The Kier molecular flexibility index (Phi) is 5.64. The van der Waals surface area contributed by atoms with Crippen molar-refractivity contribution in [2.45, 2.75) is 37.5 Å². The number of ether oxygens (including phenoxy) is 1. The minimum Gasteiger partial charge on any atom is -0.373 e. The van der Waals surface area contributed by atoms with Crippen LogP contribution in [0, 0.1) is 0 Å². The average molecular weight is 416 g/mol. The molecule has 1 N–H and O–H groups in total. The summed E-state index contributed by atoms with van der Waals surface area (Å²) in [7, 11) is 2.11. The van der Waals surface area contributed by atoms with Crippen LogP contribution in [0.4, 0.5) is 13.2 Å². The molecule has 1 aliphatic heterocycles. The van der Waals surface area contributed by atoms with Crippen LogP contribution in [-0.2, 0) is 16.3 Å². The normalized spacial score (nSPS) is 18.6. The van der Waals surface area contributed by atoms with Gasteiger partial charge in [-0.2, -0.15) is 13.2 Å². The second-order valence-electron chi connectivity index (χ2n) is 8.41. The first kappa shape index (κ1) is 20.9. The Morgan fingerprint density at radius 3 is 2.47 bits per heavy atom. The summed E-state index contributed by atoms with van der Waals surface area (Å²) in [4.78, 5) is 5.38. The fourth-order valence-corrected chi connectivity index (χ4v) is 4.41. The van der Waals surface area contributed by atoms with Crippen molar-refractivity contribution < 1.29 is 17.9 Å². The van der Waals surface area contributed by atoms with Crippen molar-refractivity contribution in [3.63, 3.8) is 0 Å². The van der Waals surface area contributed by atoms with Crippen LogP contribution in [-0.4, -0.2) is 36.6 Å². The Morgan fingerprint density at radius 1 is 1.10 bits per heavy atom. The Hall–Kier alpha value is -2.31. The van der Waals surface area contributed by atoms with E-state index < -0.39 is 17.8 Å². The van der Waals surface area contributed by atoms with Crippen LogP contribution in [0.2, 0.25) is 0 Å². The number of nitrogens with one attached hydrogen (secondary N) is 1. The fraction of sp³-hybridized carbons (Fsp3) is 0.417. The van der Waals surface area contributed by atoms with Gasteiger partial charge in [-0.25, -0.2) is 0 Å². The minimum atomic E-state index is -4.39. The van der Waals surface area contributed by atoms with Crippen molar-refractivity contribution in [3.05, 3.63) is 71.4 Å². The van der Waals surface area contributed by atoms with Gasteiger partial charge in [-0.05, 0) is 63.7 Å². The Balaban J connectivity index is 1.62. The quantitative estimate of drug-likeness (QED) is 0.559. The van der Waals surface area contributed by atoms with Crippen LogP contribution in [0.15, 0.2) is 54.7 Å². The highest BCUT2D eigenvalue weighted by atomic mass is 19.4. The third-order valence-electron chi connectivity index (χ3n) is 6.40. The van der Waals surface area contributed by atoms with Gasteiger partial charge in [-0.15, -0.1) is 0 Å². The molecule has 1 atom stereocenters. The van der Waals surface area contributed by atoms with Gasteiger partial charge >= 0.3 is 6.18 Å². The number of hydrogen-bond acceptors (Lipinski definition) is 2. The van der Waals surface area contributed by atoms with Crippen LogP contribution in [0.3, 0.4) is 0 Å². The summed E-state index contributed by atoms with van der Waals surface area (Å²) >= 11 is 0. The summed E-state index contributed by atoms with van der Waals surface area (Å²) in [5.74, 6) is 0. The zero-order valence-corrected chi connectivity index (χ0v) is 17.3. The zero-order chi connectivity index (χ0) is 21.4. The fourth-order valence-electron chi connectivity index (χ4n) is 4.41. The van der Waals surface area contributed by atoms with E-state index >= 15 is 0 Å². The summed E-state index contributed by atoms with van der Waals surface area (Å²) < 4.78 is 46.5. The standard InChI is InChI=1S/C24H27F3N2O/c1-17(21-15-20(24(25,26)27)14-18-8-11-28-22(18)21)30-16-23(9-12-29(2)13-10-23)19-6-4-3-5-7-19/h3-8,11,14-15,17,28H,9-10,12-13,16H2,1-2H3. The number of nitrogens with zero attached hydrogens (tertiary/aromatic N) is 1. The molecule has 1 saturated heterocycles. The first-order valence-corrected chi connectivity index (χ1v) is 10.3. The molecule has 1 unspecified atom stereocenters. The van der Waals surface area contributed by atoms with Crippen molar-refractivity contribution in [3.8, 4) is 0 Å². The molecule has 30 heavy (non-hydrogen) atoms. The Bertz CT molecular complexity index is 989. The summed E-state index contributed by atoms with van der Waals surface area (Å²) in [5, 5.41) is 0.548. The second kappa shape index (κ2) is 8.08. The van der Waals surface area contributed by atoms with E-state index in [0.29, 0.717) is 23.1 Å². The molecule has 0 amide bonds. The van der Waals surface area contributed by atoms with Gasteiger partial charge in [0, 0.05) is 22.6 Å². The summed E-state index contributed by atoms with van der Waals surface area (Å²) in [6.07, 6.45) is -1.27. The van der Waals surface area contributed by atoms with Gasteiger partial charge in [0.2, 0.25) is 0 Å². The number of benzene rings is 2. The maximum Gasteiger partial charge on any atom is 0.416 e. The number of halogens is 3. The molecule has 0 radical (unpaired) electrons. The monoisotopic (exact) mass is 416 g/mol. The molecular formula is C24H27F3N2O. The number of likely N-dealkylation sites (tertiary alicyclic amines) is 1. The van der Waals surface area contributed by atoms with E-state index in [2.05, 4.69) is 29.1 Å². The van der Waals surface area contributed by atoms with Gasteiger partial charge in [0.25, 0.3) is 0 Å². The van der Waals surface area contributed by atoms with Gasteiger partial charge < -0.3 is 14.6 Å². The van der Waals surface area contributed by atoms with E-state index in [9.17, 15) is 13.2 Å². The molecule has 1 aliphatic rings. The molecule has 3 aromatic rings. The highest BCUT2D eigenvalue weighted by molar-refractivity contribution is 5.84. The number of rotatable bonds is 5. The maximum atomic E-state index is 13.4. The maximum absolute atomic E-state index is 13.4. The number of aromatic amines is 1. The lowest BCUT2D eigenvalue weighted by atomic mass is 9.73. The Labute approximate surface area is 174 Å². The van der Waals surface area contributed by atoms with Crippen molar-refractivity contribution in [1.29, 1.82) is 0 Å². The van der Waals surface area contributed by atoms with Crippen molar-refractivity contribution in [2.75, 3.05) is 26.7 Å². The minimum absolute atomic E-state index is 0.126. The number of H-pyrrole nitrogens is 1. The first-order valence-electron chi connectivity index (χ1n) is 10.3. The molecule has 0 spiro atoms. The molecule has 4 rings (SSSR count). The van der Waals surface area contributed by atoms with E-state index in [0.717, 1.165) is 25.9 Å². The van der Waals surface area contributed by atoms with Crippen molar-refractivity contribution in [2.24, 2.45) is 0 Å². The lowest BCUT2D eigenvalue weighted by molar-refractivity contribution is -0.137. The topological polar surface area (TPSA) is 28.3 Å². The summed E-state index contributed by atoms with van der Waals surface area (Å²) in [6, 6.07) is 14.4. The molecule has 6 heteroatoms. The van der Waals surface area contributed by atoms with Gasteiger partial charge in [-0.1, -0.05) is 30.3 Å². The summed E-state index contributed by atoms with van der Waals surface area (Å²) in [5.41, 5.74) is 1.71. The second-order valence-corrected chi connectivity index (χ2v) is 8.41. The Morgan fingerprint density at radius 2 is 1.80 bits per heavy atom. The molecular weight excluding hydrogens is 389 g/mol. The number of alkyl halides is 3. The number of fused-ring (bicyclic) bond motifs is 1. The molecule has 0 aliphatic carbocycles. The smallest absolute Gasteiger partial charge is 0.373 e. The van der Waals surface area contributed by atoms with Crippen LogP contribution < -0.4 is 0 Å². The molecule has 1 fully saturated rings. The average Bonchev–Trinajstić information content (AvgIpc) is 3.21. The predicted molar refractivity (Wildman–Crippen MR) is 113 cm³/mol. The number of aromatic nitrogens is 1. The molecule has 2 aromatic carbocycles. The van der Waals surface area contributed by atoms with Crippen LogP contribution in [0.5, 0.6) is 0 Å². The van der Waals surface area contributed by atoms with E-state index in [4.69, 9.17) is 4.74 Å². The van der Waals surface area contributed by atoms with E-state index in [-0.39, 0.29) is 5.41 Å². The van der Waals surface area contributed by atoms with Crippen LogP contribution in [0.1, 0.15) is 42.6 Å². The largest absolute Gasteiger partial charge is 0.416 e. The SMILES string of the molecule is CC(OCC1(c2ccccc2)CCN(C)CC1)c1cc(C(F)(F)F)cc2cc[nH]c12. The van der Waals surface area contributed by atoms with Crippen molar-refractivity contribution >= 4 is 10.9 Å². The first-order chi connectivity index (χ1) is 14.3. The molecule has 1 aromatic heterocycles. The third-order valence-corrected chi connectivity index (χ3v) is 6.40. The molecule has 2 heterocycles. The predicted octanol–water partition coefficient (Wildman–Crippen LogP) is 5.93. The highest BCUT2D eigenvalue weighted by Crippen LogP contribution is 2.39. The zero-order valence-electron chi connectivity index (χ0n) is 17.3. The summed E-state index contributed by atoms with van der Waals surface area (Å²) in [6.45, 7) is 4.25. The molecule has 160 valence electrons. The molecule has 0 bridgehead atoms. The van der Waals surface area contributed by atoms with Crippen molar-refractivity contribution in [1.82, 2.24) is 9.88 Å². The molecule has 3 nitrogen and oxygen atoms in total. The van der Waals surface area contributed by atoms with E-state index in [1.807, 2.05) is 25.1 Å². The van der Waals surface area contributed by atoms with Crippen LogP contribution >= 0.6 is 0 Å². The number of hydrogen-bond donors (Lipinski definition) is 1. The van der Waals surface area contributed by atoms with Gasteiger partial charge in [0.1, 0.15) is 0 Å². The third kappa shape index (κ3) is 4.12.